The fourth-order valence-electron chi connectivity index (χ4n) is 2.41. The first kappa shape index (κ1) is 16.6. The Bertz CT molecular complexity index is 898. The summed E-state index contributed by atoms with van der Waals surface area (Å²) in [7, 11) is 1.86. The number of pyridine rings is 1. The molecule has 0 saturated carbocycles. The highest BCUT2D eigenvalue weighted by atomic mass is 16.3. The topological polar surface area (TPSA) is 80.0 Å². The molecule has 0 radical (unpaired) electrons. The normalized spacial score (nSPS) is 11.0. The zero-order valence-electron chi connectivity index (χ0n) is 13.8. The third-order valence-electron chi connectivity index (χ3n) is 3.69. The summed E-state index contributed by atoms with van der Waals surface area (Å²) >= 11 is 0. The average molecular weight is 334 g/mol. The van der Waals surface area contributed by atoms with Gasteiger partial charge in [-0.3, -0.25) is 14.5 Å². The standard InChI is InChI=1S/C19H18N4O2/c1-23-12-16(11-21-23)18-8-9-20-10-15(18)4-7-19(25)22-17-5-2-14(13-24)3-6-17/h2-12,24H,13H2,1H3,(H,22,25). The predicted molar refractivity (Wildman–Crippen MR) is 96.5 cm³/mol. The largest absolute Gasteiger partial charge is 0.392 e. The number of rotatable bonds is 5. The van der Waals surface area contributed by atoms with Crippen molar-refractivity contribution in [2.45, 2.75) is 6.61 Å². The van der Waals surface area contributed by atoms with E-state index in [-0.39, 0.29) is 12.5 Å². The Morgan fingerprint density at radius 3 is 2.72 bits per heavy atom. The molecule has 0 fully saturated rings. The molecule has 1 aromatic carbocycles. The molecule has 0 saturated heterocycles. The van der Waals surface area contributed by atoms with Crippen molar-refractivity contribution in [1.82, 2.24) is 14.8 Å². The quantitative estimate of drug-likeness (QED) is 0.703. The minimum Gasteiger partial charge on any atom is -0.392 e. The van der Waals surface area contributed by atoms with Crippen LogP contribution in [0.4, 0.5) is 5.69 Å². The molecule has 2 N–H and O–H groups in total. The molecular formula is C19H18N4O2. The summed E-state index contributed by atoms with van der Waals surface area (Å²) in [4.78, 5) is 16.2. The Morgan fingerprint density at radius 2 is 2.04 bits per heavy atom. The maximum atomic E-state index is 12.1. The molecule has 0 unspecified atom stereocenters. The number of nitrogens with zero attached hydrogens (tertiary/aromatic N) is 3. The van der Waals surface area contributed by atoms with Gasteiger partial charge < -0.3 is 10.4 Å². The number of aliphatic hydroxyl groups excluding tert-OH is 1. The van der Waals surface area contributed by atoms with Gasteiger partial charge in [-0.1, -0.05) is 12.1 Å². The first-order chi connectivity index (χ1) is 12.2. The van der Waals surface area contributed by atoms with Crippen LogP contribution >= 0.6 is 0 Å². The van der Waals surface area contributed by atoms with E-state index in [1.807, 2.05) is 19.3 Å². The minimum atomic E-state index is -0.238. The van der Waals surface area contributed by atoms with Crippen molar-refractivity contribution in [1.29, 1.82) is 0 Å². The van der Waals surface area contributed by atoms with E-state index in [4.69, 9.17) is 5.11 Å². The van der Waals surface area contributed by atoms with Crippen LogP contribution in [-0.4, -0.2) is 25.8 Å². The molecule has 1 amide bonds. The summed E-state index contributed by atoms with van der Waals surface area (Å²) < 4.78 is 1.73. The molecule has 0 aliphatic carbocycles. The molecular weight excluding hydrogens is 316 g/mol. The molecule has 2 aromatic heterocycles. The number of carbonyl (C=O) groups is 1. The minimum absolute atomic E-state index is 0.0216. The van der Waals surface area contributed by atoms with Crippen LogP contribution in [0, 0.1) is 0 Å². The monoisotopic (exact) mass is 334 g/mol. The van der Waals surface area contributed by atoms with Gasteiger partial charge in [0.25, 0.3) is 0 Å². The van der Waals surface area contributed by atoms with Crippen LogP contribution in [0.3, 0.4) is 0 Å². The third-order valence-corrected chi connectivity index (χ3v) is 3.69. The molecule has 126 valence electrons. The van der Waals surface area contributed by atoms with Gasteiger partial charge in [-0.05, 0) is 35.4 Å². The number of aromatic nitrogens is 3. The molecule has 6 nitrogen and oxygen atoms in total. The van der Waals surface area contributed by atoms with Crippen LogP contribution in [0.25, 0.3) is 17.2 Å². The van der Waals surface area contributed by atoms with E-state index >= 15 is 0 Å². The summed E-state index contributed by atoms with van der Waals surface area (Å²) in [6.07, 6.45) is 10.3. The summed E-state index contributed by atoms with van der Waals surface area (Å²) in [5.74, 6) is -0.238. The number of hydrogen-bond donors (Lipinski definition) is 2. The molecule has 3 aromatic rings. The van der Waals surface area contributed by atoms with Gasteiger partial charge in [0.2, 0.25) is 5.91 Å². The smallest absolute Gasteiger partial charge is 0.248 e. The van der Waals surface area contributed by atoms with E-state index in [9.17, 15) is 4.79 Å². The van der Waals surface area contributed by atoms with Crippen molar-refractivity contribution in [3.05, 3.63) is 72.3 Å². The molecule has 0 bridgehead atoms. The maximum absolute atomic E-state index is 12.1. The number of aliphatic hydroxyl groups is 1. The second kappa shape index (κ2) is 7.55. The first-order valence-corrected chi connectivity index (χ1v) is 7.77. The molecule has 0 aliphatic rings. The van der Waals surface area contributed by atoms with Crippen LogP contribution in [0.5, 0.6) is 0 Å². The van der Waals surface area contributed by atoms with E-state index < -0.39 is 0 Å². The summed E-state index contributed by atoms with van der Waals surface area (Å²) in [6, 6.07) is 8.93. The van der Waals surface area contributed by atoms with Crippen molar-refractivity contribution < 1.29 is 9.90 Å². The van der Waals surface area contributed by atoms with E-state index in [1.54, 1.807) is 53.6 Å². The highest BCUT2D eigenvalue weighted by Crippen LogP contribution is 2.23. The van der Waals surface area contributed by atoms with Crippen molar-refractivity contribution >= 4 is 17.7 Å². The van der Waals surface area contributed by atoms with E-state index in [0.717, 1.165) is 22.3 Å². The average Bonchev–Trinajstić information content (AvgIpc) is 3.07. The summed E-state index contributed by atoms with van der Waals surface area (Å²) in [5, 5.41) is 16.0. The summed E-state index contributed by atoms with van der Waals surface area (Å²) in [6.45, 7) is -0.0216. The lowest BCUT2D eigenvalue weighted by atomic mass is 10.0. The molecule has 6 heteroatoms. The second-order valence-electron chi connectivity index (χ2n) is 5.54. The Labute approximate surface area is 145 Å². The zero-order chi connectivity index (χ0) is 17.6. The van der Waals surface area contributed by atoms with E-state index in [2.05, 4.69) is 15.4 Å². The van der Waals surface area contributed by atoms with E-state index in [1.165, 1.54) is 6.08 Å². The lowest BCUT2D eigenvalue weighted by molar-refractivity contribution is -0.111. The highest BCUT2D eigenvalue weighted by Gasteiger charge is 2.05. The second-order valence-corrected chi connectivity index (χ2v) is 5.54. The Hall–Kier alpha value is -3.25. The summed E-state index contributed by atoms with van der Waals surface area (Å²) in [5.41, 5.74) is 4.22. The molecule has 2 heterocycles. The first-order valence-electron chi connectivity index (χ1n) is 7.77. The van der Waals surface area contributed by atoms with Gasteiger partial charge in [0.15, 0.2) is 0 Å². The Morgan fingerprint density at radius 1 is 1.24 bits per heavy atom. The molecule has 0 atom stereocenters. The van der Waals surface area contributed by atoms with Crippen molar-refractivity contribution in [3.63, 3.8) is 0 Å². The zero-order valence-corrected chi connectivity index (χ0v) is 13.8. The van der Waals surface area contributed by atoms with Gasteiger partial charge in [0.05, 0.1) is 12.8 Å². The highest BCUT2D eigenvalue weighted by molar-refractivity contribution is 6.02. The third kappa shape index (κ3) is 4.19. The number of anilines is 1. The molecule has 25 heavy (non-hydrogen) atoms. The fourth-order valence-corrected chi connectivity index (χ4v) is 2.41. The SMILES string of the molecule is Cn1cc(-c2ccncc2C=CC(=O)Nc2ccc(CO)cc2)cn1. The maximum Gasteiger partial charge on any atom is 0.248 e. The lowest BCUT2D eigenvalue weighted by Gasteiger charge is -2.04. The molecule has 0 spiro atoms. The van der Waals surface area contributed by atoms with E-state index in [0.29, 0.717) is 5.69 Å². The van der Waals surface area contributed by atoms with Crippen LogP contribution in [0.2, 0.25) is 0 Å². The van der Waals surface area contributed by atoms with Crippen LogP contribution in [0.1, 0.15) is 11.1 Å². The van der Waals surface area contributed by atoms with Gasteiger partial charge in [0, 0.05) is 48.5 Å². The van der Waals surface area contributed by atoms with Crippen molar-refractivity contribution in [2.75, 3.05) is 5.32 Å². The predicted octanol–water partition coefficient (Wildman–Crippen LogP) is 2.63. The van der Waals surface area contributed by atoms with Crippen molar-refractivity contribution in [3.8, 4) is 11.1 Å². The number of amides is 1. The Balaban J connectivity index is 1.74. The van der Waals surface area contributed by atoms with Gasteiger partial charge in [0.1, 0.15) is 0 Å². The van der Waals surface area contributed by atoms with Crippen LogP contribution < -0.4 is 5.32 Å². The number of nitrogens with one attached hydrogen (secondary N) is 1. The molecule has 0 aliphatic heterocycles. The fraction of sp³-hybridized carbons (Fsp3) is 0.105. The lowest BCUT2D eigenvalue weighted by Crippen LogP contribution is -2.07. The van der Waals surface area contributed by atoms with Gasteiger partial charge >= 0.3 is 0 Å². The van der Waals surface area contributed by atoms with Gasteiger partial charge in [-0.2, -0.15) is 5.10 Å². The number of benzene rings is 1. The number of aryl methyl sites for hydroxylation is 1. The van der Waals surface area contributed by atoms with Crippen LogP contribution in [0.15, 0.2) is 61.2 Å². The number of hydrogen-bond acceptors (Lipinski definition) is 4. The van der Waals surface area contributed by atoms with Crippen molar-refractivity contribution in [2.24, 2.45) is 7.05 Å². The number of carbonyl (C=O) groups excluding carboxylic acids is 1. The van der Waals surface area contributed by atoms with Crippen LogP contribution in [-0.2, 0) is 18.4 Å². The van der Waals surface area contributed by atoms with Gasteiger partial charge in [-0.15, -0.1) is 0 Å². The van der Waals surface area contributed by atoms with Gasteiger partial charge in [-0.25, -0.2) is 0 Å². The molecule has 3 rings (SSSR count). The Kier molecular flexibility index (Phi) is 5.01.